The summed E-state index contributed by atoms with van der Waals surface area (Å²) in [7, 11) is 0. The minimum absolute atomic E-state index is 0.268. The maximum absolute atomic E-state index is 10.3. The van der Waals surface area contributed by atoms with Gasteiger partial charge in [-0.15, -0.1) is 0 Å². The molecule has 1 fully saturated rings. The number of unbranched alkanes of at least 4 members (excludes halogenated alkanes) is 3. The first-order valence-electron chi connectivity index (χ1n) is 9.06. The van der Waals surface area contributed by atoms with E-state index in [9.17, 15) is 4.79 Å². The number of aliphatic carboxylic acids is 1. The second kappa shape index (κ2) is 13.5. The Morgan fingerprint density at radius 1 is 0.957 bits per heavy atom. The summed E-state index contributed by atoms with van der Waals surface area (Å²) in [6, 6.07) is 0. The quantitative estimate of drug-likeness (QED) is 0.235. The van der Waals surface area contributed by atoms with Crippen LogP contribution in [-0.2, 0) is 4.79 Å². The van der Waals surface area contributed by atoms with Crippen LogP contribution in [-0.4, -0.2) is 21.6 Å². The number of carboxylic acids is 1. The van der Waals surface area contributed by atoms with Gasteiger partial charge >= 0.3 is 5.97 Å². The minimum atomic E-state index is -0.707. The first kappa shape index (κ1) is 20.1. The van der Waals surface area contributed by atoms with Gasteiger partial charge in [0, 0.05) is 16.9 Å². The molecule has 1 heterocycles. The van der Waals surface area contributed by atoms with Gasteiger partial charge in [0.05, 0.1) is 0 Å². The zero-order valence-corrected chi connectivity index (χ0v) is 15.3. The van der Waals surface area contributed by atoms with Crippen molar-refractivity contribution in [2.45, 2.75) is 81.6 Å². The summed E-state index contributed by atoms with van der Waals surface area (Å²) in [6.07, 6.45) is 23.8. The van der Waals surface area contributed by atoms with Gasteiger partial charge in [-0.2, -0.15) is 11.8 Å². The largest absolute Gasteiger partial charge is 0.481 e. The standard InChI is InChI=1S/C20H32O2S/c1-2-3-12-15-18-19(23-18)16-13-10-8-6-4-5-7-9-11-14-17-20(21)22/h4,6-7,9-10,13,18-19H,2-3,5,8,11-12,14-17H2,1H3,(H,21,22)/b6-4+,9-7+,13-10+/t18-,19?/m0/s1. The van der Waals surface area contributed by atoms with Gasteiger partial charge in [-0.1, -0.05) is 62.6 Å². The molecule has 1 saturated heterocycles. The van der Waals surface area contributed by atoms with Crippen LogP contribution in [0.25, 0.3) is 0 Å². The molecule has 2 nitrogen and oxygen atoms in total. The Labute approximate surface area is 146 Å². The number of hydrogen-bond acceptors (Lipinski definition) is 2. The molecule has 23 heavy (non-hydrogen) atoms. The van der Waals surface area contributed by atoms with Crippen LogP contribution in [0.4, 0.5) is 0 Å². The molecule has 0 amide bonds. The molecule has 0 spiro atoms. The van der Waals surface area contributed by atoms with Crippen molar-refractivity contribution < 1.29 is 9.90 Å². The van der Waals surface area contributed by atoms with Gasteiger partial charge in [0.1, 0.15) is 0 Å². The van der Waals surface area contributed by atoms with Crippen LogP contribution in [0.2, 0.25) is 0 Å². The highest BCUT2D eigenvalue weighted by atomic mass is 32.2. The highest BCUT2D eigenvalue weighted by Gasteiger charge is 2.35. The van der Waals surface area contributed by atoms with Crippen LogP contribution in [0.15, 0.2) is 36.5 Å². The Kier molecular flexibility index (Phi) is 11.8. The number of rotatable bonds is 14. The molecular weight excluding hydrogens is 304 g/mol. The summed E-state index contributed by atoms with van der Waals surface area (Å²) in [6.45, 7) is 2.27. The summed E-state index contributed by atoms with van der Waals surface area (Å²) < 4.78 is 0. The Bertz CT molecular complexity index is 398. The molecule has 1 N–H and O–H groups in total. The number of carbonyl (C=O) groups is 1. The molecule has 0 aromatic rings. The third-order valence-electron chi connectivity index (χ3n) is 3.95. The molecule has 1 aliphatic rings. The number of thioether (sulfide) groups is 1. The summed E-state index contributed by atoms with van der Waals surface area (Å²) in [5, 5.41) is 10.3. The molecule has 3 heteroatoms. The topological polar surface area (TPSA) is 37.3 Å². The normalized spacial score (nSPS) is 20.9. The van der Waals surface area contributed by atoms with E-state index in [2.05, 4.69) is 55.1 Å². The molecule has 0 aromatic heterocycles. The fourth-order valence-corrected chi connectivity index (χ4v) is 3.63. The predicted molar refractivity (Wildman–Crippen MR) is 102 cm³/mol. The smallest absolute Gasteiger partial charge is 0.303 e. The second-order valence-electron chi connectivity index (χ2n) is 6.12. The Morgan fingerprint density at radius 3 is 2.35 bits per heavy atom. The third-order valence-corrected chi connectivity index (χ3v) is 5.42. The molecule has 1 unspecified atom stereocenters. The lowest BCUT2D eigenvalue weighted by Gasteiger charge is -1.95. The molecule has 2 atom stereocenters. The number of carboxylic acid groups (broad SMARTS) is 1. The average molecular weight is 337 g/mol. The van der Waals surface area contributed by atoms with E-state index in [0.29, 0.717) is 0 Å². The zero-order chi connectivity index (χ0) is 16.8. The summed E-state index contributed by atoms with van der Waals surface area (Å²) in [4.78, 5) is 10.3. The molecule has 0 aliphatic carbocycles. The van der Waals surface area contributed by atoms with E-state index in [-0.39, 0.29) is 6.42 Å². The molecule has 0 bridgehead atoms. The molecule has 1 aliphatic heterocycles. The predicted octanol–water partition coefficient (Wildman–Crippen LogP) is 6.14. The average Bonchev–Trinajstić information content (AvgIpc) is 3.27. The van der Waals surface area contributed by atoms with Crippen molar-refractivity contribution in [2.24, 2.45) is 0 Å². The minimum Gasteiger partial charge on any atom is -0.481 e. The monoisotopic (exact) mass is 336 g/mol. The van der Waals surface area contributed by atoms with Crippen molar-refractivity contribution in [3.63, 3.8) is 0 Å². The molecule has 0 radical (unpaired) electrons. The molecular formula is C20H32O2S. The highest BCUT2D eigenvalue weighted by molar-refractivity contribution is 8.07. The lowest BCUT2D eigenvalue weighted by atomic mass is 10.1. The van der Waals surface area contributed by atoms with E-state index >= 15 is 0 Å². The summed E-state index contributed by atoms with van der Waals surface area (Å²) in [5.74, 6) is -0.707. The van der Waals surface area contributed by atoms with E-state index in [1.54, 1.807) is 0 Å². The van der Waals surface area contributed by atoms with E-state index in [1.165, 1.54) is 32.1 Å². The molecule has 0 saturated carbocycles. The van der Waals surface area contributed by atoms with Crippen molar-refractivity contribution in [1.82, 2.24) is 0 Å². The highest BCUT2D eigenvalue weighted by Crippen LogP contribution is 2.46. The van der Waals surface area contributed by atoms with Crippen molar-refractivity contribution in [3.05, 3.63) is 36.5 Å². The Balaban J connectivity index is 1.90. The first-order valence-corrected chi connectivity index (χ1v) is 10.0. The van der Waals surface area contributed by atoms with Crippen molar-refractivity contribution in [3.8, 4) is 0 Å². The summed E-state index contributed by atoms with van der Waals surface area (Å²) in [5.41, 5.74) is 0. The van der Waals surface area contributed by atoms with Gasteiger partial charge in [-0.05, 0) is 38.5 Å². The van der Waals surface area contributed by atoms with E-state index in [4.69, 9.17) is 5.11 Å². The van der Waals surface area contributed by atoms with Crippen LogP contribution in [0, 0.1) is 0 Å². The van der Waals surface area contributed by atoms with Gasteiger partial charge in [-0.25, -0.2) is 0 Å². The van der Waals surface area contributed by atoms with Crippen LogP contribution in [0.3, 0.4) is 0 Å². The van der Waals surface area contributed by atoms with Gasteiger partial charge in [0.15, 0.2) is 0 Å². The summed E-state index contributed by atoms with van der Waals surface area (Å²) >= 11 is 2.15. The van der Waals surface area contributed by atoms with Gasteiger partial charge < -0.3 is 5.11 Å². The molecule has 1 rings (SSSR count). The molecule has 130 valence electrons. The van der Waals surface area contributed by atoms with Gasteiger partial charge in [0.2, 0.25) is 0 Å². The zero-order valence-electron chi connectivity index (χ0n) is 14.5. The van der Waals surface area contributed by atoms with Crippen LogP contribution >= 0.6 is 11.8 Å². The number of allylic oxidation sites excluding steroid dienone is 6. The van der Waals surface area contributed by atoms with Gasteiger partial charge in [0.25, 0.3) is 0 Å². The van der Waals surface area contributed by atoms with E-state index in [0.717, 1.165) is 36.2 Å². The number of hydrogen-bond donors (Lipinski definition) is 1. The maximum Gasteiger partial charge on any atom is 0.303 e. The fourth-order valence-electron chi connectivity index (χ4n) is 2.50. The van der Waals surface area contributed by atoms with Crippen LogP contribution in [0.1, 0.15) is 71.1 Å². The van der Waals surface area contributed by atoms with Crippen molar-refractivity contribution >= 4 is 17.7 Å². The SMILES string of the molecule is CCCCC[C@@H]1SC1C/C=C/C/C=C/C/C=C/CCCC(=O)O. The first-order chi connectivity index (χ1) is 11.2. The maximum atomic E-state index is 10.3. The fraction of sp³-hybridized carbons (Fsp3) is 0.650. The lowest BCUT2D eigenvalue weighted by molar-refractivity contribution is -0.137. The molecule has 0 aromatic carbocycles. The van der Waals surface area contributed by atoms with E-state index in [1.807, 2.05) is 0 Å². The Morgan fingerprint density at radius 2 is 1.65 bits per heavy atom. The second-order valence-corrected chi connectivity index (χ2v) is 7.60. The van der Waals surface area contributed by atoms with Gasteiger partial charge in [-0.3, -0.25) is 4.79 Å². The third kappa shape index (κ3) is 12.2. The van der Waals surface area contributed by atoms with Crippen molar-refractivity contribution in [1.29, 1.82) is 0 Å². The van der Waals surface area contributed by atoms with Crippen molar-refractivity contribution in [2.75, 3.05) is 0 Å². The lowest BCUT2D eigenvalue weighted by Crippen LogP contribution is -1.92. The van der Waals surface area contributed by atoms with Crippen LogP contribution in [0.5, 0.6) is 0 Å². The van der Waals surface area contributed by atoms with Crippen LogP contribution < -0.4 is 0 Å². The van der Waals surface area contributed by atoms with E-state index < -0.39 is 5.97 Å². The Hall–Kier alpha value is -0.960.